The van der Waals surface area contributed by atoms with Gasteiger partial charge >= 0.3 is 0 Å². The van der Waals surface area contributed by atoms with E-state index in [1.54, 1.807) is 49.5 Å². The first kappa shape index (κ1) is 22.8. The molecular weight excluding hydrogens is 434 g/mol. The predicted molar refractivity (Wildman–Crippen MR) is 128 cm³/mol. The third kappa shape index (κ3) is 5.72. The maximum Gasteiger partial charge on any atom is 0.264 e. The van der Waals surface area contributed by atoms with Gasteiger partial charge in [0.1, 0.15) is 11.5 Å². The van der Waals surface area contributed by atoms with E-state index in [9.17, 15) is 14.4 Å². The standard InChI is InChI=1S/C26H25N3O5/c1-29-22-15-20(11-12-23(22)34-17-25(29)31)28-26(32)19-9-7-18(8-10-19)16-27-24(30)13-14-33-21-5-3-2-4-6-21/h2-12,15H,13-14,16-17H2,1H3,(H,27,30)(H,28,32). The van der Waals surface area contributed by atoms with Gasteiger partial charge in [-0.05, 0) is 48.0 Å². The zero-order valence-corrected chi connectivity index (χ0v) is 18.7. The van der Waals surface area contributed by atoms with Crippen LogP contribution in [0.4, 0.5) is 11.4 Å². The third-order valence-electron chi connectivity index (χ3n) is 5.35. The van der Waals surface area contributed by atoms with Gasteiger partial charge in [0, 0.05) is 24.8 Å². The number of hydrogen-bond donors (Lipinski definition) is 2. The topological polar surface area (TPSA) is 97.0 Å². The molecule has 0 unspecified atom stereocenters. The lowest BCUT2D eigenvalue weighted by Gasteiger charge is -2.26. The first-order valence-electron chi connectivity index (χ1n) is 10.9. The van der Waals surface area contributed by atoms with Crippen LogP contribution in [0.1, 0.15) is 22.3 Å². The van der Waals surface area contributed by atoms with Gasteiger partial charge in [-0.3, -0.25) is 14.4 Å². The number of ether oxygens (including phenoxy) is 2. The molecule has 0 spiro atoms. The van der Waals surface area contributed by atoms with E-state index >= 15 is 0 Å². The predicted octanol–water partition coefficient (Wildman–Crippen LogP) is 3.38. The van der Waals surface area contributed by atoms with E-state index < -0.39 is 0 Å². The van der Waals surface area contributed by atoms with Crippen molar-refractivity contribution >= 4 is 29.1 Å². The minimum absolute atomic E-state index is 0.00345. The molecule has 0 bridgehead atoms. The van der Waals surface area contributed by atoms with E-state index in [1.807, 2.05) is 30.3 Å². The largest absolute Gasteiger partial charge is 0.493 e. The fraction of sp³-hybridized carbons (Fsp3) is 0.192. The summed E-state index contributed by atoms with van der Waals surface area (Å²) in [4.78, 5) is 38.0. The number of likely N-dealkylation sites (N-methyl/N-ethyl adjacent to an activating group) is 1. The lowest BCUT2D eigenvalue weighted by atomic mass is 10.1. The zero-order chi connectivity index (χ0) is 23.9. The van der Waals surface area contributed by atoms with Gasteiger partial charge in [0.25, 0.3) is 11.8 Å². The third-order valence-corrected chi connectivity index (χ3v) is 5.35. The van der Waals surface area contributed by atoms with Gasteiger partial charge in [0.15, 0.2) is 6.61 Å². The second kappa shape index (κ2) is 10.5. The Labute approximate surface area is 197 Å². The Bertz CT molecular complexity index is 1180. The SMILES string of the molecule is CN1C(=O)COc2ccc(NC(=O)c3ccc(CNC(=O)CCOc4ccccc4)cc3)cc21. The van der Waals surface area contributed by atoms with E-state index in [-0.39, 0.29) is 30.7 Å². The van der Waals surface area contributed by atoms with Crippen molar-refractivity contribution in [2.24, 2.45) is 0 Å². The molecular formula is C26H25N3O5. The number of rotatable bonds is 8. The molecule has 0 aromatic heterocycles. The monoisotopic (exact) mass is 459 g/mol. The second-order valence-corrected chi connectivity index (χ2v) is 7.76. The second-order valence-electron chi connectivity index (χ2n) is 7.76. The highest BCUT2D eigenvalue weighted by molar-refractivity contribution is 6.05. The fourth-order valence-electron chi connectivity index (χ4n) is 3.39. The molecule has 1 aliphatic heterocycles. The molecule has 0 atom stereocenters. The minimum Gasteiger partial charge on any atom is -0.493 e. The summed E-state index contributed by atoms with van der Waals surface area (Å²) < 4.78 is 10.9. The molecule has 174 valence electrons. The summed E-state index contributed by atoms with van der Waals surface area (Å²) in [6.07, 6.45) is 0.252. The summed E-state index contributed by atoms with van der Waals surface area (Å²) in [6.45, 7) is 0.661. The summed E-state index contributed by atoms with van der Waals surface area (Å²) in [5.41, 5.74) is 2.52. The smallest absolute Gasteiger partial charge is 0.264 e. The maximum atomic E-state index is 12.6. The molecule has 2 N–H and O–H groups in total. The summed E-state index contributed by atoms with van der Waals surface area (Å²) >= 11 is 0. The van der Waals surface area contributed by atoms with E-state index in [1.165, 1.54) is 4.90 Å². The molecule has 0 radical (unpaired) electrons. The van der Waals surface area contributed by atoms with Crippen LogP contribution in [0.2, 0.25) is 0 Å². The first-order valence-corrected chi connectivity index (χ1v) is 10.9. The average Bonchev–Trinajstić information content (AvgIpc) is 2.86. The molecule has 0 aliphatic carbocycles. The molecule has 1 heterocycles. The van der Waals surface area contributed by atoms with Crippen molar-refractivity contribution in [3.8, 4) is 11.5 Å². The van der Waals surface area contributed by atoms with E-state index in [0.29, 0.717) is 35.8 Å². The Morgan fingerprint density at radius 1 is 1.03 bits per heavy atom. The number of benzene rings is 3. The molecule has 3 amide bonds. The van der Waals surface area contributed by atoms with Crippen molar-refractivity contribution in [3.63, 3.8) is 0 Å². The average molecular weight is 460 g/mol. The van der Waals surface area contributed by atoms with Crippen LogP contribution in [0.15, 0.2) is 72.8 Å². The molecule has 3 aromatic rings. The highest BCUT2D eigenvalue weighted by Gasteiger charge is 2.22. The van der Waals surface area contributed by atoms with E-state index in [2.05, 4.69) is 10.6 Å². The Morgan fingerprint density at radius 2 is 1.79 bits per heavy atom. The first-order chi connectivity index (χ1) is 16.5. The van der Waals surface area contributed by atoms with E-state index in [0.717, 1.165) is 11.3 Å². The van der Waals surface area contributed by atoms with Crippen LogP contribution in [0.3, 0.4) is 0 Å². The van der Waals surface area contributed by atoms with Crippen molar-refractivity contribution < 1.29 is 23.9 Å². The zero-order valence-electron chi connectivity index (χ0n) is 18.7. The van der Waals surface area contributed by atoms with Crippen LogP contribution in [-0.4, -0.2) is 38.0 Å². The lowest BCUT2D eigenvalue weighted by molar-refractivity contribution is -0.122. The molecule has 3 aromatic carbocycles. The van der Waals surface area contributed by atoms with Crippen LogP contribution in [0.5, 0.6) is 11.5 Å². The van der Waals surface area contributed by atoms with Crippen molar-refractivity contribution in [1.29, 1.82) is 0 Å². The highest BCUT2D eigenvalue weighted by Crippen LogP contribution is 2.33. The minimum atomic E-state index is -0.278. The quantitative estimate of drug-likeness (QED) is 0.538. The molecule has 4 rings (SSSR count). The Morgan fingerprint density at radius 3 is 2.56 bits per heavy atom. The molecule has 1 aliphatic rings. The Hall–Kier alpha value is -4.33. The number of carbonyl (C=O) groups excluding carboxylic acids is 3. The van der Waals surface area contributed by atoms with Gasteiger partial charge in [-0.2, -0.15) is 0 Å². The maximum absolute atomic E-state index is 12.6. The fourth-order valence-corrected chi connectivity index (χ4v) is 3.39. The summed E-state index contributed by atoms with van der Waals surface area (Å²) in [5, 5.41) is 5.68. The number of carbonyl (C=O) groups is 3. The van der Waals surface area contributed by atoms with Crippen LogP contribution >= 0.6 is 0 Å². The number of amides is 3. The Balaban J connectivity index is 1.26. The Kier molecular flexibility index (Phi) is 7.07. The number of anilines is 2. The van der Waals surface area contributed by atoms with Crippen molar-refractivity contribution in [2.45, 2.75) is 13.0 Å². The number of hydrogen-bond acceptors (Lipinski definition) is 5. The molecule has 8 heteroatoms. The van der Waals surface area contributed by atoms with Gasteiger partial charge in [-0.25, -0.2) is 0 Å². The van der Waals surface area contributed by atoms with E-state index in [4.69, 9.17) is 9.47 Å². The van der Waals surface area contributed by atoms with Gasteiger partial charge in [0.2, 0.25) is 5.91 Å². The molecule has 8 nitrogen and oxygen atoms in total. The number of para-hydroxylation sites is 1. The summed E-state index contributed by atoms with van der Waals surface area (Å²) in [6, 6.07) is 21.5. The number of nitrogens with one attached hydrogen (secondary N) is 2. The van der Waals surface area contributed by atoms with Gasteiger partial charge in [0.05, 0.1) is 18.7 Å². The highest BCUT2D eigenvalue weighted by atomic mass is 16.5. The van der Waals surface area contributed by atoms with Crippen molar-refractivity contribution in [3.05, 3.63) is 83.9 Å². The summed E-state index contributed by atoms with van der Waals surface area (Å²) in [5.74, 6) is 0.783. The molecule has 0 saturated heterocycles. The molecule has 0 fully saturated rings. The van der Waals surface area contributed by atoms with Gasteiger partial charge in [-0.1, -0.05) is 30.3 Å². The number of fused-ring (bicyclic) bond motifs is 1. The van der Waals surface area contributed by atoms with Crippen molar-refractivity contribution in [1.82, 2.24) is 5.32 Å². The van der Waals surface area contributed by atoms with Crippen LogP contribution in [-0.2, 0) is 16.1 Å². The van der Waals surface area contributed by atoms with Crippen molar-refractivity contribution in [2.75, 3.05) is 30.5 Å². The molecule has 0 saturated carbocycles. The van der Waals surface area contributed by atoms with Crippen LogP contribution < -0.4 is 25.0 Å². The summed E-state index contributed by atoms with van der Waals surface area (Å²) in [7, 11) is 1.67. The van der Waals surface area contributed by atoms with Crippen LogP contribution in [0.25, 0.3) is 0 Å². The lowest BCUT2D eigenvalue weighted by Crippen LogP contribution is -2.35. The number of nitrogens with zero attached hydrogens (tertiary/aromatic N) is 1. The van der Waals surface area contributed by atoms with Crippen LogP contribution in [0, 0.1) is 0 Å². The normalized spacial score (nSPS) is 12.4. The van der Waals surface area contributed by atoms with Gasteiger partial charge < -0.3 is 25.0 Å². The van der Waals surface area contributed by atoms with Gasteiger partial charge in [-0.15, -0.1) is 0 Å². The molecule has 34 heavy (non-hydrogen) atoms.